The van der Waals surface area contributed by atoms with Gasteiger partial charge in [0.1, 0.15) is 0 Å². The van der Waals surface area contributed by atoms with Crippen LogP contribution >= 0.6 is 11.6 Å². The average Bonchev–Trinajstić information content (AvgIpc) is 2.94. The first-order chi connectivity index (χ1) is 10.4. The Morgan fingerprint density at radius 1 is 1.00 bits per heavy atom. The van der Waals surface area contributed by atoms with E-state index in [4.69, 9.17) is 11.6 Å². The van der Waals surface area contributed by atoms with E-state index in [-0.39, 0.29) is 11.5 Å². The molecule has 3 aromatic rings. The molecule has 3 rings (SSSR count). The van der Waals surface area contributed by atoms with E-state index in [0.717, 1.165) is 4.68 Å². The maximum absolute atomic E-state index is 13.2. The fraction of sp³-hybridized carbons (Fsp3) is 0.0714. The third-order valence-electron chi connectivity index (χ3n) is 2.90. The Kier molecular flexibility index (Phi) is 3.58. The van der Waals surface area contributed by atoms with Crippen molar-refractivity contribution in [3.63, 3.8) is 0 Å². The topological polar surface area (TPSA) is 43.6 Å². The van der Waals surface area contributed by atoms with Crippen LogP contribution in [0.25, 0.3) is 17.1 Å². The second-order valence-corrected chi connectivity index (χ2v) is 4.83. The highest BCUT2D eigenvalue weighted by Crippen LogP contribution is 2.36. The molecule has 0 aliphatic heterocycles. The van der Waals surface area contributed by atoms with Crippen LogP contribution in [0, 0.1) is 0 Å². The number of halogens is 4. The molecule has 0 N–H and O–H groups in total. The lowest BCUT2D eigenvalue weighted by atomic mass is 10.1. The molecule has 0 fully saturated rings. The van der Waals surface area contributed by atoms with Crippen molar-refractivity contribution in [1.29, 1.82) is 0 Å². The van der Waals surface area contributed by atoms with E-state index in [1.807, 2.05) is 0 Å². The molecule has 1 aromatic carbocycles. The molecule has 0 bridgehead atoms. The van der Waals surface area contributed by atoms with Gasteiger partial charge in [0.15, 0.2) is 5.69 Å². The molecule has 0 aliphatic rings. The van der Waals surface area contributed by atoms with Gasteiger partial charge in [-0.3, -0.25) is 0 Å². The first-order valence-corrected chi connectivity index (χ1v) is 6.53. The summed E-state index contributed by atoms with van der Waals surface area (Å²) in [4.78, 5) is 7.79. The summed E-state index contributed by atoms with van der Waals surface area (Å²) in [6.45, 7) is 0. The van der Waals surface area contributed by atoms with Crippen LogP contribution in [0.15, 0.2) is 48.9 Å². The van der Waals surface area contributed by atoms with E-state index >= 15 is 0 Å². The van der Waals surface area contributed by atoms with Gasteiger partial charge in [-0.1, -0.05) is 23.7 Å². The Labute approximate surface area is 128 Å². The molecule has 2 aromatic heterocycles. The summed E-state index contributed by atoms with van der Waals surface area (Å²) >= 11 is 5.77. The highest BCUT2D eigenvalue weighted by molar-refractivity contribution is 6.30. The normalized spacial score (nSPS) is 11.6. The fourth-order valence-corrected chi connectivity index (χ4v) is 2.06. The zero-order chi connectivity index (χ0) is 15.7. The lowest BCUT2D eigenvalue weighted by molar-refractivity contribution is -0.140. The van der Waals surface area contributed by atoms with Gasteiger partial charge in [0.05, 0.1) is 0 Å². The van der Waals surface area contributed by atoms with E-state index in [9.17, 15) is 13.2 Å². The van der Waals surface area contributed by atoms with Crippen LogP contribution in [0.5, 0.6) is 0 Å². The van der Waals surface area contributed by atoms with Crippen LogP contribution < -0.4 is 0 Å². The number of rotatable bonds is 2. The molecule has 0 radical (unpaired) electrons. The van der Waals surface area contributed by atoms with Crippen LogP contribution in [0.1, 0.15) is 5.69 Å². The predicted octanol–water partition coefficient (Wildman–Crippen LogP) is 4.00. The van der Waals surface area contributed by atoms with Gasteiger partial charge < -0.3 is 0 Å². The minimum atomic E-state index is -4.59. The second kappa shape index (κ2) is 5.42. The number of aromatic nitrogens is 4. The number of nitrogens with zero attached hydrogens (tertiary/aromatic N) is 4. The molecule has 0 aliphatic carbocycles. The van der Waals surface area contributed by atoms with Crippen molar-refractivity contribution in [2.75, 3.05) is 0 Å². The molecule has 8 heteroatoms. The molecule has 22 heavy (non-hydrogen) atoms. The molecule has 0 amide bonds. The first kappa shape index (κ1) is 14.5. The second-order valence-electron chi connectivity index (χ2n) is 4.39. The standard InChI is InChI=1S/C14H8ClF3N4/c15-10-4-2-9(3-5-10)11-8-22(13-19-6-1-7-20-13)21-12(11)14(16,17)18/h1-8H. The maximum Gasteiger partial charge on any atom is 0.435 e. The summed E-state index contributed by atoms with van der Waals surface area (Å²) in [5.74, 6) is 0.0632. The van der Waals surface area contributed by atoms with Crippen molar-refractivity contribution < 1.29 is 13.2 Å². The quantitative estimate of drug-likeness (QED) is 0.715. The van der Waals surface area contributed by atoms with Gasteiger partial charge in [0.25, 0.3) is 0 Å². The average molecular weight is 325 g/mol. The zero-order valence-electron chi connectivity index (χ0n) is 10.9. The Bertz CT molecular complexity index is 782. The molecule has 4 nitrogen and oxygen atoms in total. The van der Waals surface area contributed by atoms with Gasteiger partial charge in [-0.05, 0) is 23.8 Å². The Balaban J connectivity index is 2.16. The first-order valence-electron chi connectivity index (χ1n) is 6.15. The van der Waals surface area contributed by atoms with E-state index in [1.54, 1.807) is 6.07 Å². The van der Waals surface area contributed by atoms with E-state index in [0.29, 0.717) is 10.6 Å². The van der Waals surface area contributed by atoms with E-state index < -0.39 is 11.9 Å². The summed E-state index contributed by atoms with van der Waals surface area (Å²) in [6.07, 6.45) is -0.477. The fourth-order valence-electron chi connectivity index (χ4n) is 1.94. The smallest absolute Gasteiger partial charge is 0.220 e. The molecule has 0 saturated carbocycles. The number of alkyl halides is 3. The summed E-state index contributed by atoms with van der Waals surface area (Å²) < 4.78 is 40.6. The third kappa shape index (κ3) is 2.80. The maximum atomic E-state index is 13.2. The van der Waals surface area contributed by atoms with Gasteiger partial charge >= 0.3 is 6.18 Å². The molecule has 2 heterocycles. The van der Waals surface area contributed by atoms with Gasteiger partial charge in [-0.2, -0.15) is 18.3 Å². The van der Waals surface area contributed by atoms with Crippen molar-refractivity contribution in [1.82, 2.24) is 19.7 Å². The third-order valence-corrected chi connectivity index (χ3v) is 3.15. The molecule has 0 spiro atoms. The summed E-state index contributed by atoms with van der Waals surface area (Å²) in [5.41, 5.74) is -0.696. The summed E-state index contributed by atoms with van der Waals surface area (Å²) in [6, 6.07) is 7.62. The van der Waals surface area contributed by atoms with Crippen LogP contribution in [-0.4, -0.2) is 19.7 Å². The van der Waals surface area contributed by atoms with Crippen LogP contribution in [0.2, 0.25) is 5.02 Å². The van der Waals surface area contributed by atoms with Crippen molar-refractivity contribution in [2.45, 2.75) is 6.18 Å². The lowest BCUT2D eigenvalue weighted by Gasteiger charge is -2.05. The Morgan fingerprint density at radius 2 is 1.64 bits per heavy atom. The minimum Gasteiger partial charge on any atom is -0.220 e. The SMILES string of the molecule is FC(F)(F)c1nn(-c2ncccn2)cc1-c1ccc(Cl)cc1. The van der Waals surface area contributed by atoms with E-state index in [2.05, 4.69) is 15.1 Å². The van der Waals surface area contributed by atoms with Gasteiger partial charge in [-0.25, -0.2) is 14.6 Å². The molecule has 112 valence electrons. The van der Waals surface area contributed by atoms with Gasteiger partial charge in [0.2, 0.25) is 5.95 Å². The van der Waals surface area contributed by atoms with Crippen LogP contribution in [0.3, 0.4) is 0 Å². The molecule has 0 saturated heterocycles. The molecule has 0 unspecified atom stereocenters. The number of benzene rings is 1. The number of hydrogen-bond acceptors (Lipinski definition) is 3. The largest absolute Gasteiger partial charge is 0.435 e. The van der Waals surface area contributed by atoms with Gasteiger partial charge in [-0.15, -0.1) is 0 Å². The Hall–Kier alpha value is -2.41. The van der Waals surface area contributed by atoms with Crippen molar-refractivity contribution in [2.24, 2.45) is 0 Å². The van der Waals surface area contributed by atoms with Crippen LogP contribution in [0.4, 0.5) is 13.2 Å². The molecular formula is C14H8ClF3N4. The number of hydrogen-bond donors (Lipinski definition) is 0. The highest BCUT2D eigenvalue weighted by atomic mass is 35.5. The monoisotopic (exact) mass is 324 g/mol. The van der Waals surface area contributed by atoms with E-state index in [1.165, 1.54) is 42.9 Å². The zero-order valence-corrected chi connectivity index (χ0v) is 11.7. The minimum absolute atomic E-state index is 0.0587. The van der Waals surface area contributed by atoms with Crippen LogP contribution in [-0.2, 0) is 6.18 Å². The predicted molar refractivity (Wildman–Crippen MR) is 74.6 cm³/mol. The summed E-state index contributed by atoms with van der Waals surface area (Å²) in [7, 11) is 0. The van der Waals surface area contributed by atoms with Crippen molar-refractivity contribution >= 4 is 11.6 Å². The van der Waals surface area contributed by atoms with Crippen molar-refractivity contribution in [3.05, 3.63) is 59.6 Å². The van der Waals surface area contributed by atoms with Crippen molar-refractivity contribution in [3.8, 4) is 17.1 Å². The Morgan fingerprint density at radius 3 is 2.23 bits per heavy atom. The highest BCUT2D eigenvalue weighted by Gasteiger charge is 2.37. The lowest BCUT2D eigenvalue weighted by Crippen LogP contribution is -2.09. The molecular weight excluding hydrogens is 317 g/mol. The summed E-state index contributed by atoms with van der Waals surface area (Å²) in [5, 5.41) is 4.03. The molecule has 0 atom stereocenters. The van der Waals surface area contributed by atoms with Gasteiger partial charge in [0, 0.05) is 29.2 Å².